The van der Waals surface area contributed by atoms with E-state index in [-0.39, 0.29) is 24.0 Å². The molecule has 0 spiro atoms. The van der Waals surface area contributed by atoms with Crippen molar-refractivity contribution in [1.82, 2.24) is 15.5 Å². The minimum Gasteiger partial charge on any atom is -0.493 e. The third kappa shape index (κ3) is 7.18. The van der Waals surface area contributed by atoms with E-state index in [0.29, 0.717) is 19.2 Å². The summed E-state index contributed by atoms with van der Waals surface area (Å²) in [6.07, 6.45) is 9.42. The van der Waals surface area contributed by atoms with Crippen molar-refractivity contribution in [1.29, 1.82) is 0 Å². The summed E-state index contributed by atoms with van der Waals surface area (Å²) in [5.74, 6) is 2.42. The van der Waals surface area contributed by atoms with Crippen LogP contribution < -0.4 is 20.1 Å². The highest BCUT2D eigenvalue weighted by Crippen LogP contribution is 2.28. The van der Waals surface area contributed by atoms with Crippen molar-refractivity contribution in [2.45, 2.75) is 70.5 Å². The summed E-state index contributed by atoms with van der Waals surface area (Å²) in [6, 6.07) is 7.38. The van der Waals surface area contributed by atoms with Gasteiger partial charge in [-0.05, 0) is 50.3 Å². The number of methoxy groups -OCH3 is 1. The standard InChI is InChI=1S/C23H38N4O2.HI/c1-4-29-22-16-18(10-11-21(22)28-3)17-25-23(24-2)26-19-12-14-27(15-13-19)20-8-6-5-7-9-20;/h10-11,16,19-20H,4-9,12-15,17H2,1-3H3,(H2,24,25,26);1H. The number of likely N-dealkylation sites (tertiary alicyclic amines) is 1. The highest BCUT2D eigenvalue weighted by atomic mass is 127. The molecule has 0 bridgehead atoms. The second-order valence-corrected chi connectivity index (χ2v) is 8.09. The Kier molecular flexibility index (Phi) is 11.1. The zero-order valence-electron chi connectivity index (χ0n) is 18.8. The van der Waals surface area contributed by atoms with Crippen molar-refractivity contribution in [3.8, 4) is 11.5 Å². The highest BCUT2D eigenvalue weighted by molar-refractivity contribution is 14.0. The van der Waals surface area contributed by atoms with Crippen LogP contribution in [0.4, 0.5) is 0 Å². The number of piperidine rings is 1. The third-order valence-electron chi connectivity index (χ3n) is 6.17. The molecule has 1 aromatic carbocycles. The fraction of sp³-hybridized carbons (Fsp3) is 0.696. The average Bonchev–Trinajstić information content (AvgIpc) is 2.78. The van der Waals surface area contributed by atoms with Crippen molar-refractivity contribution < 1.29 is 9.47 Å². The molecule has 1 aliphatic carbocycles. The maximum absolute atomic E-state index is 5.68. The van der Waals surface area contributed by atoms with Crippen LogP contribution in [0.25, 0.3) is 0 Å². The van der Waals surface area contributed by atoms with Crippen molar-refractivity contribution in [3.05, 3.63) is 23.8 Å². The highest BCUT2D eigenvalue weighted by Gasteiger charge is 2.26. The molecule has 0 atom stereocenters. The van der Waals surface area contributed by atoms with Gasteiger partial charge in [0.1, 0.15) is 0 Å². The van der Waals surface area contributed by atoms with Crippen LogP contribution in [0.3, 0.4) is 0 Å². The van der Waals surface area contributed by atoms with Gasteiger partial charge in [0.25, 0.3) is 0 Å². The molecule has 2 aliphatic rings. The molecule has 1 heterocycles. The minimum atomic E-state index is 0. The average molecular weight is 530 g/mol. The number of nitrogens with zero attached hydrogens (tertiary/aromatic N) is 2. The second kappa shape index (κ2) is 13.2. The van der Waals surface area contributed by atoms with Gasteiger partial charge < -0.3 is 25.0 Å². The normalized spacial score (nSPS) is 19.1. The van der Waals surface area contributed by atoms with Crippen LogP contribution in [0.2, 0.25) is 0 Å². The van der Waals surface area contributed by atoms with Crippen molar-refractivity contribution in [3.63, 3.8) is 0 Å². The molecule has 170 valence electrons. The van der Waals surface area contributed by atoms with E-state index in [4.69, 9.17) is 9.47 Å². The number of hydrogen-bond donors (Lipinski definition) is 2. The predicted molar refractivity (Wildman–Crippen MR) is 134 cm³/mol. The monoisotopic (exact) mass is 530 g/mol. The Bertz CT molecular complexity index is 657. The lowest BCUT2D eigenvalue weighted by atomic mass is 9.92. The molecule has 0 amide bonds. The molecule has 0 aromatic heterocycles. The van der Waals surface area contributed by atoms with E-state index >= 15 is 0 Å². The van der Waals surface area contributed by atoms with E-state index in [1.165, 1.54) is 58.0 Å². The number of hydrogen-bond acceptors (Lipinski definition) is 4. The van der Waals surface area contributed by atoms with Gasteiger partial charge >= 0.3 is 0 Å². The summed E-state index contributed by atoms with van der Waals surface area (Å²) in [5, 5.41) is 7.06. The lowest BCUT2D eigenvalue weighted by molar-refractivity contribution is 0.119. The van der Waals surface area contributed by atoms with Crippen LogP contribution in [-0.2, 0) is 6.54 Å². The maximum Gasteiger partial charge on any atom is 0.191 e. The topological polar surface area (TPSA) is 58.1 Å². The molecular weight excluding hydrogens is 491 g/mol. The van der Waals surface area contributed by atoms with Gasteiger partial charge in [0.15, 0.2) is 17.5 Å². The lowest BCUT2D eigenvalue weighted by Crippen LogP contribution is -2.50. The fourth-order valence-corrected chi connectivity index (χ4v) is 4.53. The molecule has 1 saturated heterocycles. The van der Waals surface area contributed by atoms with Gasteiger partial charge in [-0.1, -0.05) is 25.3 Å². The Morgan fingerprint density at radius 3 is 2.47 bits per heavy atom. The molecule has 7 heteroatoms. The van der Waals surface area contributed by atoms with Crippen LogP contribution in [0.5, 0.6) is 11.5 Å². The first kappa shape index (κ1) is 25.0. The van der Waals surface area contributed by atoms with Crippen LogP contribution in [0.1, 0.15) is 57.4 Å². The SMILES string of the molecule is CCOc1cc(CNC(=NC)NC2CCN(C3CCCCC3)CC2)ccc1OC.I. The molecule has 2 N–H and O–H groups in total. The molecule has 2 fully saturated rings. The van der Waals surface area contributed by atoms with E-state index < -0.39 is 0 Å². The van der Waals surface area contributed by atoms with Gasteiger partial charge in [-0.25, -0.2) is 0 Å². The number of guanidine groups is 1. The van der Waals surface area contributed by atoms with Crippen molar-refractivity contribution in [2.24, 2.45) is 4.99 Å². The van der Waals surface area contributed by atoms with E-state index in [1.54, 1.807) is 7.11 Å². The maximum atomic E-state index is 5.68. The summed E-state index contributed by atoms with van der Waals surface area (Å²) in [4.78, 5) is 7.15. The zero-order chi connectivity index (χ0) is 20.5. The Labute approximate surface area is 199 Å². The molecule has 30 heavy (non-hydrogen) atoms. The number of rotatable bonds is 7. The molecule has 1 aliphatic heterocycles. The van der Waals surface area contributed by atoms with Gasteiger partial charge in [0.05, 0.1) is 13.7 Å². The van der Waals surface area contributed by atoms with Gasteiger partial charge in [0, 0.05) is 38.8 Å². The largest absolute Gasteiger partial charge is 0.493 e. The molecular formula is C23H39IN4O2. The molecule has 3 rings (SSSR count). The first-order chi connectivity index (χ1) is 14.2. The van der Waals surface area contributed by atoms with E-state index in [0.717, 1.165) is 29.1 Å². The number of ether oxygens (including phenoxy) is 2. The minimum absolute atomic E-state index is 0. The van der Waals surface area contributed by atoms with Crippen molar-refractivity contribution >= 4 is 29.9 Å². The Morgan fingerprint density at radius 1 is 1.10 bits per heavy atom. The van der Waals surface area contributed by atoms with E-state index in [2.05, 4.69) is 26.6 Å². The Morgan fingerprint density at radius 2 is 1.83 bits per heavy atom. The number of benzene rings is 1. The summed E-state index contributed by atoms with van der Waals surface area (Å²) in [7, 11) is 3.51. The first-order valence-electron chi connectivity index (χ1n) is 11.2. The Hall–Kier alpha value is -1.22. The lowest BCUT2D eigenvalue weighted by Gasteiger charge is -2.39. The predicted octanol–water partition coefficient (Wildman–Crippen LogP) is 4.17. The third-order valence-corrected chi connectivity index (χ3v) is 6.17. The van der Waals surface area contributed by atoms with Crippen LogP contribution in [0.15, 0.2) is 23.2 Å². The summed E-state index contributed by atoms with van der Waals surface area (Å²) in [5.41, 5.74) is 1.14. The number of aliphatic imine (C=N–C) groups is 1. The first-order valence-corrected chi connectivity index (χ1v) is 11.2. The molecule has 1 saturated carbocycles. The van der Waals surface area contributed by atoms with Gasteiger partial charge in [0.2, 0.25) is 0 Å². The quantitative estimate of drug-likeness (QED) is 0.315. The van der Waals surface area contributed by atoms with Gasteiger partial charge in [-0.2, -0.15) is 0 Å². The van der Waals surface area contributed by atoms with E-state index in [9.17, 15) is 0 Å². The van der Waals surface area contributed by atoms with Crippen LogP contribution in [0, 0.1) is 0 Å². The second-order valence-electron chi connectivity index (χ2n) is 8.09. The molecule has 0 unspecified atom stereocenters. The zero-order valence-corrected chi connectivity index (χ0v) is 21.1. The van der Waals surface area contributed by atoms with Gasteiger partial charge in [-0.15, -0.1) is 24.0 Å². The fourth-order valence-electron chi connectivity index (χ4n) is 4.53. The molecule has 6 nitrogen and oxygen atoms in total. The van der Waals surface area contributed by atoms with Crippen molar-refractivity contribution in [2.75, 3.05) is 33.9 Å². The number of halogens is 1. The Balaban J connectivity index is 0.00000320. The van der Waals surface area contributed by atoms with Gasteiger partial charge in [-0.3, -0.25) is 4.99 Å². The smallest absolute Gasteiger partial charge is 0.191 e. The van der Waals surface area contributed by atoms with Crippen LogP contribution in [-0.4, -0.2) is 56.8 Å². The van der Waals surface area contributed by atoms with Crippen LogP contribution >= 0.6 is 24.0 Å². The molecule has 1 aromatic rings. The summed E-state index contributed by atoms with van der Waals surface area (Å²) in [6.45, 7) is 5.71. The summed E-state index contributed by atoms with van der Waals surface area (Å²) >= 11 is 0. The summed E-state index contributed by atoms with van der Waals surface area (Å²) < 4.78 is 11.0. The molecule has 0 radical (unpaired) electrons. The number of nitrogens with one attached hydrogen (secondary N) is 2. The van der Waals surface area contributed by atoms with E-state index in [1.807, 2.05) is 26.1 Å².